The molecule has 0 saturated carbocycles. The van der Waals surface area contributed by atoms with E-state index in [1.54, 1.807) is 0 Å². The molecule has 0 nitrogen and oxygen atoms in total. The minimum absolute atomic E-state index is 0.484. The summed E-state index contributed by atoms with van der Waals surface area (Å²) in [6.45, 7) is 9.24. The lowest BCUT2D eigenvalue weighted by Crippen LogP contribution is -2.09. The van der Waals surface area contributed by atoms with E-state index in [1.807, 2.05) is 0 Å². The molecule has 0 aromatic heterocycles. The van der Waals surface area contributed by atoms with E-state index in [1.165, 1.54) is 83.5 Å². The quantitative estimate of drug-likeness (QED) is 0.211. The highest BCUT2D eigenvalue weighted by Crippen LogP contribution is 2.28. The fourth-order valence-electron chi connectivity index (χ4n) is 2.90. The maximum absolute atomic E-state index is 2.42. The molecule has 0 saturated heterocycles. The number of hydrogen-bond acceptors (Lipinski definition) is 0. The highest BCUT2D eigenvalue weighted by atomic mass is 14.2. The fourth-order valence-corrected chi connectivity index (χ4v) is 2.90. The zero-order valence-electron chi connectivity index (χ0n) is 16.0. The molecule has 0 aliphatic carbocycles. The third-order valence-corrected chi connectivity index (χ3v) is 4.53. The van der Waals surface area contributed by atoms with Gasteiger partial charge in [0.1, 0.15) is 0 Å². The summed E-state index contributed by atoms with van der Waals surface area (Å²) in [7, 11) is 0. The molecule has 0 aromatic rings. The van der Waals surface area contributed by atoms with Gasteiger partial charge in [-0.2, -0.15) is 0 Å². The Hall–Kier alpha value is -0.520. The Labute approximate surface area is 141 Å². The van der Waals surface area contributed by atoms with Crippen molar-refractivity contribution in [3.05, 3.63) is 24.3 Å². The fraction of sp³-hybridized carbons (Fsp3) is 0.818. The van der Waals surface area contributed by atoms with Crippen molar-refractivity contribution in [3.8, 4) is 0 Å². The molecule has 0 N–H and O–H groups in total. The van der Waals surface area contributed by atoms with Crippen LogP contribution in [0.3, 0.4) is 0 Å². The van der Waals surface area contributed by atoms with Crippen molar-refractivity contribution in [2.45, 2.75) is 111 Å². The Balaban J connectivity index is 3.47. The summed E-state index contributed by atoms with van der Waals surface area (Å²) in [4.78, 5) is 0. The molecular weight excluding hydrogens is 264 g/mol. The van der Waals surface area contributed by atoms with E-state index < -0.39 is 0 Å². The van der Waals surface area contributed by atoms with E-state index in [0.29, 0.717) is 5.41 Å². The smallest absolute Gasteiger partial charge is 0.0299 e. The first-order valence-corrected chi connectivity index (χ1v) is 9.88. The van der Waals surface area contributed by atoms with Crippen LogP contribution in [0.5, 0.6) is 0 Å². The van der Waals surface area contributed by atoms with Gasteiger partial charge in [0, 0.05) is 0 Å². The lowest BCUT2D eigenvalue weighted by atomic mass is 9.83. The predicted octanol–water partition coefficient (Wildman–Crippen LogP) is 8.24. The van der Waals surface area contributed by atoms with Gasteiger partial charge in [-0.05, 0) is 38.0 Å². The van der Waals surface area contributed by atoms with Crippen LogP contribution in [0.1, 0.15) is 111 Å². The summed E-state index contributed by atoms with van der Waals surface area (Å²) in [6.07, 6.45) is 27.0. The summed E-state index contributed by atoms with van der Waals surface area (Å²) in [6, 6.07) is 0. The molecule has 0 rings (SSSR count). The Morgan fingerprint density at radius 3 is 1.82 bits per heavy atom. The molecule has 0 atom stereocenters. The summed E-state index contributed by atoms with van der Waals surface area (Å²) in [5, 5.41) is 0. The van der Waals surface area contributed by atoms with Gasteiger partial charge < -0.3 is 0 Å². The third-order valence-electron chi connectivity index (χ3n) is 4.53. The Bertz CT molecular complexity index is 270. The van der Waals surface area contributed by atoms with Crippen LogP contribution >= 0.6 is 0 Å². The molecule has 0 heteroatoms. The second kappa shape index (κ2) is 15.4. The van der Waals surface area contributed by atoms with Gasteiger partial charge in [-0.3, -0.25) is 0 Å². The number of unbranched alkanes of at least 4 members (excludes halogenated alkanes) is 9. The zero-order valence-corrected chi connectivity index (χ0v) is 16.0. The van der Waals surface area contributed by atoms with Gasteiger partial charge in [-0.15, -0.1) is 0 Å². The molecule has 0 aliphatic rings. The van der Waals surface area contributed by atoms with Crippen molar-refractivity contribution in [1.82, 2.24) is 0 Å². The largest absolute Gasteiger partial charge is 0.0917 e. The third kappa shape index (κ3) is 15.9. The highest BCUT2D eigenvalue weighted by Gasteiger charge is 2.14. The first-order chi connectivity index (χ1) is 10.6. The predicted molar refractivity (Wildman–Crippen MR) is 103 cm³/mol. The maximum atomic E-state index is 2.42. The van der Waals surface area contributed by atoms with E-state index in [9.17, 15) is 0 Å². The summed E-state index contributed by atoms with van der Waals surface area (Å²) in [5.41, 5.74) is 0.484. The molecule has 22 heavy (non-hydrogen) atoms. The van der Waals surface area contributed by atoms with Crippen molar-refractivity contribution >= 4 is 0 Å². The number of rotatable bonds is 15. The van der Waals surface area contributed by atoms with Gasteiger partial charge in [0.05, 0.1) is 0 Å². The maximum Gasteiger partial charge on any atom is -0.0299 e. The summed E-state index contributed by atoms with van der Waals surface area (Å²) >= 11 is 0. The molecule has 0 fully saturated rings. The average Bonchev–Trinajstić information content (AvgIpc) is 2.49. The van der Waals surface area contributed by atoms with Crippen LogP contribution in [-0.2, 0) is 0 Å². The van der Waals surface area contributed by atoms with E-state index >= 15 is 0 Å². The SMILES string of the molecule is C/C=C/CC/C=C/CC(C)(C)CCCCCCCCCCC. The zero-order chi connectivity index (χ0) is 16.5. The summed E-state index contributed by atoms with van der Waals surface area (Å²) in [5.74, 6) is 0. The molecular formula is C22H42. The van der Waals surface area contributed by atoms with Gasteiger partial charge in [-0.25, -0.2) is 0 Å². The molecule has 0 unspecified atom stereocenters. The van der Waals surface area contributed by atoms with E-state index in [-0.39, 0.29) is 0 Å². The number of hydrogen-bond donors (Lipinski definition) is 0. The average molecular weight is 307 g/mol. The Kier molecular flexibility index (Phi) is 15.0. The van der Waals surface area contributed by atoms with Gasteiger partial charge in [-0.1, -0.05) is 103 Å². The van der Waals surface area contributed by atoms with Crippen molar-refractivity contribution in [3.63, 3.8) is 0 Å². The summed E-state index contributed by atoms with van der Waals surface area (Å²) < 4.78 is 0. The highest BCUT2D eigenvalue weighted by molar-refractivity contribution is 4.90. The van der Waals surface area contributed by atoms with Crippen molar-refractivity contribution < 1.29 is 0 Å². The van der Waals surface area contributed by atoms with Gasteiger partial charge >= 0.3 is 0 Å². The van der Waals surface area contributed by atoms with Crippen LogP contribution < -0.4 is 0 Å². The van der Waals surface area contributed by atoms with Gasteiger partial charge in [0.25, 0.3) is 0 Å². The molecule has 0 bridgehead atoms. The van der Waals surface area contributed by atoms with Crippen LogP contribution in [0.2, 0.25) is 0 Å². The van der Waals surface area contributed by atoms with Crippen LogP contribution in [0.25, 0.3) is 0 Å². The molecule has 0 amide bonds. The molecule has 130 valence electrons. The lowest BCUT2D eigenvalue weighted by Gasteiger charge is -2.22. The first kappa shape index (κ1) is 21.5. The van der Waals surface area contributed by atoms with Crippen LogP contribution in [-0.4, -0.2) is 0 Å². The molecule has 0 aromatic carbocycles. The van der Waals surface area contributed by atoms with Crippen LogP contribution in [0, 0.1) is 5.41 Å². The lowest BCUT2D eigenvalue weighted by molar-refractivity contribution is 0.322. The van der Waals surface area contributed by atoms with Crippen molar-refractivity contribution in [2.75, 3.05) is 0 Å². The molecule has 0 aliphatic heterocycles. The van der Waals surface area contributed by atoms with Crippen LogP contribution in [0.15, 0.2) is 24.3 Å². The monoisotopic (exact) mass is 306 g/mol. The minimum atomic E-state index is 0.484. The molecule has 0 radical (unpaired) electrons. The van der Waals surface area contributed by atoms with Crippen molar-refractivity contribution in [1.29, 1.82) is 0 Å². The minimum Gasteiger partial charge on any atom is -0.0917 e. The van der Waals surface area contributed by atoms with Gasteiger partial charge in [0.2, 0.25) is 0 Å². The van der Waals surface area contributed by atoms with Crippen molar-refractivity contribution in [2.24, 2.45) is 5.41 Å². The second-order valence-corrected chi connectivity index (χ2v) is 7.56. The molecule has 0 spiro atoms. The normalized spacial score (nSPS) is 12.7. The van der Waals surface area contributed by atoms with Crippen LogP contribution in [0.4, 0.5) is 0 Å². The Morgan fingerprint density at radius 2 is 1.23 bits per heavy atom. The first-order valence-electron chi connectivity index (χ1n) is 9.88. The molecule has 0 heterocycles. The standard InChI is InChI=1S/C22H42/c1-5-7-9-11-13-14-15-17-19-21-22(3,4)20-18-16-12-10-8-6-2/h6,8,16,18H,5,7,9-15,17,19-21H2,1-4H3/b8-6+,18-16+. The van der Waals surface area contributed by atoms with E-state index in [4.69, 9.17) is 0 Å². The number of allylic oxidation sites excluding steroid dienone is 4. The van der Waals surface area contributed by atoms with E-state index in [2.05, 4.69) is 52.0 Å². The Morgan fingerprint density at radius 1 is 0.682 bits per heavy atom. The second-order valence-electron chi connectivity index (χ2n) is 7.56. The topological polar surface area (TPSA) is 0 Å². The van der Waals surface area contributed by atoms with Gasteiger partial charge in [0.15, 0.2) is 0 Å². The van der Waals surface area contributed by atoms with E-state index in [0.717, 1.165) is 0 Å².